The smallest absolute Gasteiger partial charge is 0.273 e. The third kappa shape index (κ3) is 2.10. The number of aromatic nitrogens is 1. The van der Waals surface area contributed by atoms with Crippen molar-refractivity contribution in [3.8, 4) is 0 Å². The molecule has 7 heteroatoms. The number of fused-ring (bicyclic) bond motifs is 1. The molecule has 1 aliphatic heterocycles. The summed E-state index contributed by atoms with van der Waals surface area (Å²) in [7, 11) is 0. The molecule has 4 atom stereocenters. The van der Waals surface area contributed by atoms with Crippen LogP contribution in [0.15, 0.2) is 16.9 Å². The molecule has 1 aromatic heterocycles. The van der Waals surface area contributed by atoms with Crippen molar-refractivity contribution in [3.63, 3.8) is 0 Å². The number of ether oxygens (including phenoxy) is 1. The van der Waals surface area contributed by atoms with Crippen LogP contribution >= 0.6 is 0 Å². The van der Waals surface area contributed by atoms with Crippen LogP contribution in [0.4, 0.5) is 0 Å². The van der Waals surface area contributed by atoms with Gasteiger partial charge in [-0.1, -0.05) is 5.16 Å². The summed E-state index contributed by atoms with van der Waals surface area (Å²) in [4.78, 5) is 23.1. The first kappa shape index (κ1) is 12.2. The van der Waals surface area contributed by atoms with Gasteiger partial charge < -0.3 is 19.9 Å². The summed E-state index contributed by atoms with van der Waals surface area (Å²) in [5, 5.41) is 9.31. The van der Waals surface area contributed by atoms with Crippen LogP contribution in [0, 0.1) is 5.92 Å². The Balaban J connectivity index is 1.68. The first-order valence-corrected chi connectivity index (χ1v) is 6.27. The zero-order valence-electron chi connectivity index (χ0n) is 10.5. The average molecular weight is 265 g/mol. The largest absolute Gasteiger partial charge is 0.376 e. The van der Waals surface area contributed by atoms with Crippen molar-refractivity contribution in [2.24, 2.45) is 5.92 Å². The van der Waals surface area contributed by atoms with Crippen LogP contribution in [0.5, 0.6) is 0 Å². The van der Waals surface area contributed by atoms with E-state index >= 15 is 0 Å². The molecule has 1 aromatic rings. The SMILES string of the molecule is CC(=O)N[C@H]1[C@H](NC(=O)c2ccon2)[C@@H]2CCO[C@@H]21. The van der Waals surface area contributed by atoms with Crippen LogP contribution < -0.4 is 10.6 Å². The lowest BCUT2D eigenvalue weighted by atomic mass is 9.71. The van der Waals surface area contributed by atoms with Gasteiger partial charge in [0.2, 0.25) is 5.91 Å². The molecule has 102 valence electrons. The van der Waals surface area contributed by atoms with Crippen molar-refractivity contribution in [1.29, 1.82) is 0 Å². The minimum Gasteiger partial charge on any atom is -0.376 e. The summed E-state index contributed by atoms with van der Waals surface area (Å²) < 4.78 is 10.2. The van der Waals surface area contributed by atoms with E-state index in [1.54, 1.807) is 0 Å². The molecule has 1 saturated heterocycles. The lowest BCUT2D eigenvalue weighted by molar-refractivity contribution is -0.123. The Hall–Kier alpha value is -1.89. The van der Waals surface area contributed by atoms with E-state index < -0.39 is 0 Å². The van der Waals surface area contributed by atoms with Crippen molar-refractivity contribution in [1.82, 2.24) is 15.8 Å². The molecule has 0 spiro atoms. The molecule has 0 unspecified atom stereocenters. The molecule has 1 saturated carbocycles. The predicted octanol–water partition coefficient (Wildman–Crippen LogP) is -0.304. The minimum atomic E-state index is -0.292. The lowest BCUT2D eigenvalue weighted by Gasteiger charge is -2.47. The van der Waals surface area contributed by atoms with E-state index in [4.69, 9.17) is 4.74 Å². The highest BCUT2D eigenvalue weighted by atomic mass is 16.5. The molecule has 2 fully saturated rings. The lowest BCUT2D eigenvalue weighted by Crippen LogP contribution is -2.70. The fourth-order valence-electron chi connectivity index (χ4n) is 2.87. The fourth-order valence-corrected chi connectivity index (χ4v) is 2.87. The first-order chi connectivity index (χ1) is 9.16. The summed E-state index contributed by atoms with van der Waals surface area (Å²) in [5.74, 6) is -0.160. The molecular weight excluding hydrogens is 250 g/mol. The van der Waals surface area contributed by atoms with E-state index in [0.29, 0.717) is 6.61 Å². The highest BCUT2D eigenvalue weighted by Crippen LogP contribution is 2.39. The van der Waals surface area contributed by atoms with E-state index in [9.17, 15) is 9.59 Å². The average Bonchev–Trinajstić information content (AvgIpc) is 3.02. The molecule has 0 bridgehead atoms. The Morgan fingerprint density at radius 1 is 1.37 bits per heavy atom. The van der Waals surface area contributed by atoms with Gasteiger partial charge in [-0.15, -0.1) is 0 Å². The number of amides is 2. The Labute approximate surface area is 109 Å². The van der Waals surface area contributed by atoms with Gasteiger partial charge in [0.25, 0.3) is 5.91 Å². The third-order valence-electron chi connectivity index (χ3n) is 3.72. The van der Waals surface area contributed by atoms with E-state index in [1.165, 1.54) is 19.3 Å². The van der Waals surface area contributed by atoms with Gasteiger partial charge in [-0.2, -0.15) is 0 Å². The van der Waals surface area contributed by atoms with Crippen molar-refractivity contribution >= 4 is 11.8 Å². The summed E-state index contributed by atoms with van der Waals surface area (Å²) in [6, 6.07) is 1.23. The number of nitrogens with zero attached hydrogens (tertiary/aromatic N) is 1. The van der Waals surface area contributed by atoms with E-state index in [1.807, 2.05) is 0 Å². The van der Waals surface area contributed by atoms with Crippen LogP contribution in [0.1, 0.15) is 23.8 Å². The Morgan fingerprint density at radius 3 is 2.89 bits per heavy atom. The second kappa shape index (κ2) is 4.65. The van der Waals surface area contributed by atoms with Crippen molar-refractivity contribution in [2.45, 2.75) is 31.5 Å². The van der Waals surface area contributed by atoms with Gasteiger partial charge in [-0.05, 0) is 6.42 Å². The monoisotopic (exact) mass is 265 g/mol. The second-order valence-corrected chi connectivity index (χ2v) is 4.90. The number of hydrogen-bond acceptors (Lipinski definition) is 5. The summed E-state index contributed by atoms with van der Waals surface area (Å²) in [6.07, 6.45) is 2.25. The van der Waals surface area contributed by atoms with E-state index in [-0.39, 0.29) is 41.6 Å². The molecule has 2 amide bonds. The molecule has 2 aliphatic rings. The van der Waals surface area contributed by atoms with Crippen LogP contribution in [-0.2, 0) is 9.53 Å². The van der Waals surface area contributed by atoms with Crippen LogP contribution in [-0.4, -0.2) is 41.8 Å². The zero-order chi connectivity index (χ0) is 13.4. The van der Waals surface area contributed by atoms with Crippen LogP contribution in [0.2, 0.25) is 0 Å². The molecule has 7 nitrogen and oxygen atoms in total. The molecule has 1 aliphatic carbocycles. The van der Waals surface area contributed by atoms with Gasteiger partial charge in [0.15, 0.2) is 5.69 Å². The second-order valence-electron chi connectivity index (χ2n) is 4.90. The molecule has 0 aromatic carbocycles. The molecule has 3 rings (SSSR count). The molecular formula is C12H15N3O4. The molecule has 0 radical (unpaired) electrons. The van der Waals surface area contributed by atoms with Gasteiger partial charge in [-0.3, -0.25) is 9.59 Å². The quantitative estimate of drug-likeness (QED) is 0.782. The predicted molar refractivity (Wildman–Crippen MR) is 63.2 cm³/mol. The minimum absolute atomic E-state index is 0.00603. The van der Waals surface area contributed by atoms with Gasteiger partial charge in [0.1, 0.15) is 6.26 Å². The zero-order valence-corrected chi connectivity index (χ0v) is 10.5. The summed E-state index contributed by atoms with van der Waals surface area (Å²) in [5.41, 5.74) is 0.240. The number of rotatable bonds is 3. The van der Waals surface area contributed by atoms with Crippen LogP contribution in [0.25, 0.3) is 0 Å². The Bertz CT molecular complexity index is 487. The third-order valence-corrected chi connectivity index (χ3v) is 3.72. The summed E-state index contributed by atoms with van der Waals surface area (Å²) in [6.45, 7) is 2.13. The topological polar surface area (TPSA) is 93.5 Å². The molecule has 2 heterocycles. The first-order valence-electron chi connectivity index (χ1n) is 6.27. The van der Waals surface area contributed by atoms with E-state index in [2.05, 4.69) is 20.3 Å². The fraction of sp³-hybridized carbons (Fsp3) is 0.583. The Kier molecular flexibility index (Phi) is 2.98. The standard InChI is InChI=1S/C12H15N3O4/c1-6(16)13-10-9(7-2-4-18-11(7)10)14-12(17)8-3-5-19-15-8/h3,5,7,9-11H,2,4H2,1H3,(H,13,16)(H,14,17)/t7-,9+,10-,11-/m0/s1. The van der Waals surface area contributed by atoms with Crippen molar-refractivity contribution in [2.75, 3.05) is 6.61 Å². The molecule has 2 N–H and O–H groups in total. The van der Waals surface area contributed by atoms with Gasteiger partial charge in [0.05, 0.1) is 18.2 Å². The highest BCUT2D eigenvalue weighted by Gasteiger charge is 2.55. The van der Waals surface area contributed by atoms with Gasteiger partial charge in [-0.25, -0.2) is 0 Å². The maximum absolute atomic E-state index is 11.9. The van der Waals surface area contributed by atoms with Crippen molar-refractivity contribution < 1.29 is 18.8 Å². The Morgan fingerprint density at radius 2 is 2.21 bits per heavy atom. The number of nitrogens with one attached hydrogen (secondary N) is 2. The van der Waals surface area contributed by atoms with Crippen molar-refractivity contribution in [3.05, 3.63) is 18.0 Å². The highest BCUT2D eigenvalue weighted by molar-refractivity contribution is 5.92. The van der Waals surface area contributed by atoms with Gasteiger partial charge in [0, 0.05) is 25.5 Å². The van der Waals surface area contributed by atoms with E-state index in [0.717, 1.165) is 6.42 Å². The molecule has 19 heavy (non-hydrogen) atoms. The normalized spacial score (nSPS) is 32.3. The maximum atomic E-state index is 11.9. The summed E-state index contributed by atoms with van der Waals surface area (Å²) >= 11 is 0. The van der Waals surface area contributed by atoms with Gasteiger partial charge >= 0.3 is 0 Å². The number of carbonyl (C=O) groups excluding carboxylic acids is 2. The number of carbonyl (C=O) groups is 2. The maximum Gasteiger partial charge on any atom is 0.273 e. The van der Waals surface area contributed by atoms with Crippen LogP contribution in [0.3, 0.4) is 0 Å². The number of hydrogen-bond donors (Lipinski definition) is 2.